The summed E-state index contributed by atoms with van der Waals surface area (Å²) in [5.41, 5.74) is 0. The summed E-state index contributed by atoms with van der Waals surface area (Å²) in [6.45, 7) is 4.56. The molecule has 5 heteroatoms. The highest BCUT2D eigenvalue weighted by Gasteiger charge is 1.91. The molecule has 1 saturated heterocycles. The topological polar surface area (TPSA) is 70.1 Å². The number of H-pyrrole nitrogens is 1. The van der Waals surface area contributed by atoms with E-state index in [1.54, 1.807) is 0 Å². The van der Waals surface area contributed by atoms with Gasteiger partial charge in [0.1, 0.15) is 6.26 Å². The van der Waals surface area contributed by atoms with Gasteiger partial charge in [-0.3, -0.25) is 4.98 Å². The number of oxazole rings is 1. The lowest BCUT2D eigenvalue weighted by molar-refractivity contribution is 0.515. The lowest BCUT2D eigenvalue weighted by atomic mass is 10.4. The highest BCUT2D eigenvalue weighted by atomic mass is 16.4. The van der Waals surface area contributed by atoms with E-state index in [1.165, 1.54) is 12.5 Å². The summed E-state index contributed by atoms with van der Waals surface area (Å²) in [5.74, 6) is -0.407. The van der Waals surface area contributed by atoms with Gasteiger partial charge in [0.2, 0.25) is 0 Å². The summed E-state index contributed by atoms with van der Waals surface area (Å²) in [6.07, 6.45) is 2.73. The van der Waals surface area contributed by atoms with Crippen molar-refractivity contribution in [1.82, 2.24) is 15.6 Å². The second-order valence-electron chi connectivity index (χ2n) is 2.35. The Morgan fingerprint density at radius 1 is 1.17 bits per heavy atom. The molecule has 1 fully saturated rings. The van der Waals surface area contributed by atoms with Crippen molar-refractivity contribution in [3.8, 4) is 0 Å². The monoisotopic (exact) mass is 171 g/mol. The molecular formula is C7H13N3O2. The van der Waals surface area contributed by atoms with Gasteiger partial charge in [-0.1, -0.05) is 0 Å². The molecule has 0 saturated carbocycles. The van der Waals surface area contributed by atoms with E-state index in [4.69, 9.17) is 0 Å². The first kappa shape index (κ1) is 9.02. The first-order chi connectivity index (χ1) is 5.89. The van der Waals surface area contributed by atoms with E-state index in [0.717, 1.165) is 26.2 Å². The molecule has 0 amide bonds. The van der Waals surface area contributed by atoms with Crippen molar-refractivity contribution in [1.29, 1.82) is 0 Å². The number of aromatic nitrogens is 1. The third-order valence-corrected chi connectivity index (χ3v) is 1.40. The van der Waals surface area contributed by atoms with Crippen molar-refractivity contribution in [2.45, 2.75) is 0 Å². The van der Waals surface area contributed by atoms with Crippen LogP contribution in [0, 0.1) is 0 Å². The second-order valence-corrected chi connectivity index (χ2v) is 2.35. The molecule has 5 nitrogen and oxygen atoms in total. The quantitative estimate of drug-likeness (QED) is 0.475. The fourth-order valence-corrected chi connectivity index (χ4v) is 0.835. The molecule has 2 heterocycles. The zero-order chi connectivity index (χ0) is 8.65. The maximum Gasteiger partial charge on any atom is 0.416 e. The standard InChI is InChI=1S/C4H10N2.C3H3NO2/c1-2-6-4-3-5-1;5-3-4-1-2-6-3/h5-6H,1-4H2;1-2H,(H,4,5). The summed E-state index contributed by atoms with van der Waals surface area (Å²) in [4.78, 5) is 12.1. The maximum absolute atomic E-state index is 9.85. The number of hydrogen-bond acceptors (Lipinski definition) is 4. The van der Waals surface area contributed by atoms with E-state index in [2.05, 4.69) is 20.0 Å². The molecule has 0 radical (unpaired) electrons. The van der Waals surface area contributed by atoms with Crippen LogP contribution >= 0.6 is 0 Å². The van der Waals surface area contributed by atoms with Crippen LogP contribution < -0.4 is 16.4 Å². The van der Waals surface area contributed by atoms with Gasteiger partial charge in [0.15, 0.2) is 0 Å². The normalized spacial score (nSPS) is 16.3. The third-order valence-electron chi connectivity index (χ3n) is 1.40. The zero-order valence-electron chi connectivity index (χ0n) is 6.80. The van der Waals surface area contributed by atoms with Crippen LogP contribution in [0.25, 0.3) is 0 Å². The lowest BCUT2D eigenvalue weighted by Crippen LogP contribution is -2.39. The Morgan fingerprint density at radius 2 is 1.75 bits per heavy atom. The van der Waals surface area contributed by atoms with Gasteiger partial charge < -0.3 is 15.1 Å². The van der Waals surface area contributed by atoms with Crippen LogP contribution in [-0.2, 0) is 0 Å². The van der Waals surface area contributed by atoms with E-state index in [0.29, 0.717) is 0 Å². The Hall–Kier alpha value is -1.07. The van der Waals surface area contributed by atoms with Crippen LogP contribution in [0.1, 0.15) is 0 Å². The predicted octanol–water partition coefficient (Wildman–Crippen LogP) is -0.853. The lowest BCUT2D eigenvalue weighted by Gasteiger charge is -2.11. The van der Waals surface area contributed by atoms with E-state index in [9.17, 15) is 4.79 Å². The van der Waals surface area contributed by atoms with Crippen LogP contribution in [-0.4, -0.2) is 31.2 Å². The highest BCUT2D eigenvalue weighted by molar-refractivity contribution is 4.59. The number of nitrogens with one attached hydrogen (secondary N) is 3. The number of hydrogen-bond donors (Lipinski definition) is 3. The van der Waals surface area contributed by atoms with Crippen molar-refractivity contribution in [2.24, 2.45) is 0 Å². The number of rotatable bonds is 0. The van der Waals surface area contributed by atoms with E-state index in [-0.39, 0.29) is 0 Å². The molecule has 0 aromatic carbocycles. The van der Waals surface area contributed by atoms with E-state index < -0.39 is 5.76 Å². The van der Waals surface area contributed by atoms with Gasteiger partial charge in [-0.25, -0.2) is 4.79 Å². The molecule has 12 heavy (non-hydrogen) atoms. The first-order valence-corrected chi connectivity index (χ1v) is 3.93. The fraction of sp³-hybridized carbons (Fsp3) is 0.571. The molecule has 0 bridgehead atoms. The van der Waals surface area contributed by atoms with Crippen molar-refractivity contribution < 1.29 is 4.42 Å². The predicted molar refractivity (Wildman–Crippen MR) is 45.1 cm³/mol. The molecule has 68 valence electrons. The summed E-state index contributed by atoms with van der Waals surface area (Å²) in [5, 5.41) is 6.44. The van der Waals surface area contributed by atoms with Gasteiger partial charge >= 0.3 is 5.76 Å². The molecule has 1 aliphatic heterocycles. The molecule has 1 aliphatic rings. The van der Waals surface area contributed by atoms with Gasteiger partial charge in [0, 0.05) is 32.4 Å². The van der Waals surface area contributed by atoms with Gasteiger partial charge in [0.05, 0.1) is 0 Å². The van der Waals surface area contributed by atoms with Crippen LogP contribution in [0.15, 0.2) is 21.7 Å². The smallest absolute Gasteiger partial charge is 0.416 e. The molecular weight excluding hydrogens is 158 g/mol. The Bertz CT molecular complexity index is 211. The molecule has 0 aliphatic carbocycles. The minimum Gasteiger partial charge on any atom is -0.417 e. The van der Waals surface area contributed by atoms with E-state index >= 15 is 0 Å². The van der Waals surface area contributed by atoms with Gasteiger partial charge in [-0.05, 0) is 0 Å². The molecule has 3 N–H and O–H groups in total. The molecule has 1 aromatic heterocycles. The maximum atomic E-state index is 9.85. The van der Waals surface area contributed by atoms with E-state index in [1.807, 2.05) is 0 Å². The SMILES string of the molecule is C1CNCCN1.O=c1[nH]cco1. The summed E-state index contributed by atoms with van der Waals surface area (Å²) in [6, 6.07) is 0. The van der Waals surface area contributed by atoms with Crippen molar-refractivity contribution >= 4 is 0 Å². The summed E-state index contributed by atoms with van der Waals surface area (Å²) in [7, 11) is 0. The number of aromatic amines is 1. The van der Waals surface area contributed by atoms with Crippen LogP contribution in [0.3, 0.4) is 0 Å². The number of piperazine rings is 1. The fourth-order valence-electron chi connectivity index (χ4n) is 0.835. The first-order valence-electron chi connectivity index (χ1n) is 3.93. The van der Waals surface area contributed by atoms with Crippen LogP contribution in [0.5, 0.6) is 0 Å². The highest BCUT2D eigenvalue weighted by Crippen LogP contribution is 1.65. The Morgan fingerprint density at radius 3 is 1.92 bits per heavy atom. The average molecular weight is 171 g/mol. The molecule has 0 atom stereocenters. The zero-order valence-corrected chi connectivity index (χ0v) is 6.80. The second kappa shape index (κ2) is 5.56. The largest absolute Gasteiger partial charge is 0.417 e. The third kappa shape index (κ3) is 3.95. The van der Waals surface area contributed by atoms with Gasteiger partial charge in [-0.2, -0.15) is 0 Å². The van der Waals surface area contributed by atoms with Crippen LogP contribution in [0.4, 0.5) is 0 Å². The van der Waals surface area contributed by atoms with Crippen molar-refractivity contribution in [3.63, 3.8) is 0 Å². The minimum atomic E-state index is -0.407. The summed E-state index contributed by atoms with van der Waals surface area (Å²) < 4.78 is 4.22. The van der Waals surface area contributed by atoms with Gasteiger partial charge in [0.25, 0.3) is 0 Å². The Labute approximate surface area is 70.2 Å². The molecule has 0 spiro atoms. The Kier molecular flexibility index (Phi) is 4.18. The molecule has 1 aromatic rings. The van der Waals surface area contributed by atoms with Crippen molar-refractivity contribution in [2.75, 3.05) is 26.2 Å². The molecule has 0 unspecified atom stereocenters. The van der Waals surface area contributed by atoms with Crippen molar-refractivity contribution in [3.05, 3.63) is 23.0 Å². The summed E-state index contributed by atoms with van der Waals surface area (Å²) >= 11 is 0. The van der Waals surface area contributed by atoms with Gasteiger partial charge in [-0.15, -0.1) is 0 Å². The van der Waals surface area contributed by atoms with Crippen LogP contribution in [0.2, 0.25) is 0 Å². The average Bonchev–Trinajstić information content (AvgIpc) is 2.60. The minimum absolute atomic E-state index is 0.407. The Balaban J connectivity index is 0.000000120. The molecule has 2 rings (SSSR count).